The van der Waals surface area contributed by atoms with E-state index >= 15 is 0 Å². The van der Waals surface area contributed by atoms with E-state index in [1.54, 1.807) is 0 Å². The highest BCUT2D eigenvalue weighted by molar-refractivity contribution is 6.19. The molecule has 12 aromatic rings. The van der Waals surface area contributed by atoms with Crippen molar-refractivity contribution >= 4 is 61.0 Å². The van der Waals surface area contributed by atoms with E-state index in [4.69, 9.17) is 29.5 Å². The summed E-state index contributed by atoms with van der Waals surface area (Å²) in [6, 6.07) is 76.1. The first kappa shape index (κ1) is 41.1. The lowest BCUT2D eigenvalue weighted by Gasteiger charge is -2.11. The van der Waals surface area contributed by atoms with E-state index in [-0.39, 0.29) is 0 Å². The van der Waals surface area contributed by atoms with Crippen molar-refractivity contribution in [2.24, 2.45) is 10.7 Å². The fraction of sp³-hybridized carbons (Fsp3) is 0. The smallest absolute Gasteiger partial charge is 0.160 e. The molecule has 0 spiro atoms. The molecule has 0 aliphatic heterocycles. The van der Waals surface area contributed by atoms with Crippen LogP contribution in [0.4, 0.5) is 0 Å². The minimum Gasteiger partial charge on any atom is -0.455 e. The number of benzene rings is 9. The first-order chi connectivity index (χ1) is 34.0. The number of nitrogens with two attached hydrogens (primary N) is 1. The Morgan fingerprint density at radius 2 is 0.899 bits per heavy atom. The van der Waals surface area contributed by atoms with Gasteiger partial charge in [0.25, 0.3) is 0 Å². The zero-order chi connectivity index (χ0) is 46.3. The quantitative estimate of drug-likeness (QED) is 0.138. The van der Waals surface area contributed by atoms with Crippen molar-refractivity contribution in [2.45, 2.75) is 0 Å². The molecule has 0 saturated heterocycles. The lowest BCUT2D eigenvalue weighted by molar-refractivity contribution is 0.657. The minimum atomic E-state index is 0.606. The molecule has 0 aliphatic carbocycles. The van der Waals surface area contributed by atoms with Crippen LogP contribution < -0.4 is 5.73 Å². The SMILES string of the molecule is C=C(N=C(/C=C(\N)c1ccccc1)c1cccc(-c2cccc3c2oc2cc4oc5c(-c6cccc(-c7cc(-c8ccccc8)nc(-c8ccccc8)n7)c6)cccc5c4cc23)c1)c1ccccc1. The van der Waals surface area contributed by atoms with Crippen molar-refractivity contribution in [1.29, 1.82) is 0 Å². The summed E-state index contributed by atoms with van der Waals surface area (Å²) in [4.78, 5) is 15.2. The highest BCUT2D eigenvalue weighted by Gasteiger charge is 2.19. The van der Waals surface area contributed by atoms with Crippen LogP contribution in [-0.4, -0.2) is 15.7 Å². The third kappa shape index (κ3) is 7.86. The highest BCUT2D eigenvalue weighted by atomic mass is 16.3. The van der Waals surface area contributed by atoms with Gasteiger partial charge in [0.15, 0.2) is 5.82 Å². The van der Waals surface area contributed by atoms with Crippen molar-refractivity contribution in [3.63, 3.8) is 0 Å². The molecule has 0 radical (unpaired) electrons. The van der Waals surface area contributed by atoms with E-state index < -0.39 is 0 Å². The number of hydrogen-bond donors (Lipinski definition) is 1. The molecule has 0 atom stereocenters. The van der Waals surface area contributed by atoms with E-state index in [0.717, 1.165) is 111 Å². The molecule has 0 amide bonds. The van der Waals surface area contributed by atoms with Crippen LogP contribution in [0.5, 0.6) is 0 Å². The second-order valence-electron chi connectivity index (χ2n) is 17.0. The van der Waals surface area contributed by atoms with Gasteiger partial charge in [0.2, 0.25) is 0 Å². The summed E-state index contributed by atoms with van der Waals surface area (Å²) in [7, 11) is 0. The number of hydrogen-bond acceptors (Lipinski definition) is 6. The number of aliphatic imine (C=N–C) groups is 1. The Morgan fingerprint density at radius 1 is 0.420 bits per heavy atom. The molecule has 3 heterocycles. The summed E-state index contributed by atoms with van der Waals surface area (Å²) < 4.78 is 13.6. The van der Waals surface area contributed by atoms with Gasteiger partial charge in [-0.1, -0.05) is 201 Å². The lowest BCUT2D eigenvalue weighted by atomic mass is 9.97. The molecule has 0 saturated carbocycles. The molecule has 0 bridgehead atoms. The van der Waals surface area contributed by atoms with Crippen molar-refractivity contribution in [3.05, 3.63) is 254 Å². The van der Waals surface area contributed by atoms with E-state index in [1.165, 1.54) is 0 Å². The average Bonchev–Trinajstić information content (AvgIpc) is 3.98. The topological polar surface area (TPSA) is 90.4 Å². The lowest BCUT2D eigenvalue weighted by Crippen LogP contribution is -2.04. The van der Waals surface area contributed by atoms with Gasteiger partial charge in [0.1, 0.15) is 22.3 Å². The Hall–Kier alpha value is -9.39. The van der Waals surface area contributed by atoms with E-state index in [0.29, 0.717) is 22.9 Å². The number of rotatable bonds is 10. The summed E-state index contributed by atoms with van der Waals surface area (Å²) >= 11 is 0. The van der Waals surface area contributed by atoms with Crippen molar-refractivity contribution in [1.82, 2.24) is 9.97 Å². The van der Waals surface area contributed by atoms with Crippen LogP contribution >= 0.6 is 0 Å². The van der Waals surface area contributed by atoms with Crippen molar-refractivity contribution < 1.29 is 8.83 Å². The zero-order valence-electron chi connectivity index (χ0n) is 37.4. The van der Waals surface area contributed by atoms with E-state index in [1.807, 2.05) is 127 Å². The first-order valence-corrected chi connectivity index (χ1v) is 22.9. The Bertz CT molecular complexity index is 3910. The van der Waals surface area contributed by atoms with Crippen LogP contribution in [0.3, 0.4) is 0 Å². The fourth-order valence-corrected chi connectivity index (χ4v) is 9.19. The van der Waals surface area contributed by atoms with Gasteiger partial charge in [-0.3, -0.25) is 0 Å². The van der Waals surface area contributed by atoms with Gasteiger partial charge in [-0.25, -0.2) is 15.0 Å². The Balaban J connectivity index is 0.925. The van der Waals surface area contributed by atoms with Crippen LogP contribution in [-0.2, 0) is 0 Å². The predicted octanol–water partition coefficient (Wildman–Crippen LogP) is 16.1. The normalized spacial score (nSPS) is 12.1. The highest BCUT2D eigenvalue weighted by Crippen LogP contribution is 2.42. The van der Waals surface area contributed by atoms with Crippen LogP contribution in [0.25, 0.3) is 111 Å². The number of allylic oxidation sites excluding steroid dienone is 1. The number of furan rings is 2. The predicted molar refractivity (Wildman–Crippen MR) is 284 cm³/mol. The number of aromatic nitrogens is 2. The molecule has 2 N–H and O–H groups in total. The molecule has 326 valence electrons. The van der Waals surface area contributed by atoms with Gasteiger partial charge in [-0.05, 0) is 52.6 Å². The van der Waals surface area contributed by atoms with Gasteiger partial charge >= 0.3 is 0 Å². The Kier molecular flexibility index (Phi) is 10.4. The Morgan fingerprint density at radius 3 is 1.52 bits per heavy atom. The third-order valence-electron chi connectivity index (χ3n) is 12.6. The monoisotopic (exact) mass is 886 g/mol. The Labute approximate surface area is 398 Å². The number of nitrogens with zero attached hydrogens (tertiary/aromatic N) is 3. The van der Waals surface area contributed by atoms with E-state index in [2.05, 4.69) is 110 Å². The molecular formula is C63H42N4O2. The molecule has 0 aliphatic rings. The number of para-hydroxylation sites is 2. The summed E-state index contributed by atoms with van der Waals surface area (Å²) in [5.41, 5.74) is 23.1. The van der Waals surface area contributed by atoms with Gasteiger partial charge in [0, 0.05) is 66.7 Å². The molecule has 69 heavy (non-hydrogen) atoms. The van der Waals surface area contributed by atoms with Crippen LogP contribution in [0.1, 0.15) is 16.7 Å². The zero-order valence-corrected chi connectivity index (χ0v) is 37.4. The second kappa shape index (κ2) is 17.4. The van der Waals surface area contributed by atoms with E-state index in [9.17, 15) is 0 Å². The molecule has 3 aromatic heterocycles. The molecule has 0 fully saturated rings. The molecule has 12 rings (SSSR count). The van der Waals surface area contributed by atoms with Gasteiger partial charge in [-0.2, -0.15) is 0 Å². The summed E-state index contributed by atoms with van der Waals surface area (Å²) in [6.07, 6.45) is 1.92. The van der Waals surface area contributed by atoms with Crippen molar-refractivity contribution in [2.75, 3.05) is 0 Å². The van der Waals surface area contributed by atoms with Crippen LogP contribution in [0, 0.1) is 0 Å². The van der Waals surface area contributed by atoms with Gasteiger partial charge in [0.05, 0.1) is 22.8 Å². The molecule has 0 unspecified atom stereocenters. The summed E-state index contributed by atoms with van der Waals surface area (Å²) in [6.45, 7) is 4.33. The van der Waals surface area contributed by atoms with Crippen LogP contribution in [0.15, 0.2) is 251 Å². The third-order valence-corrected chi connectivity index (χ3v) is 12.6. The van der Waals surface area contributed by atoms with Gasteiger partial charge < -0.3 is 14.6 Å². The van der Waals surface area contributed by atoms with Gasteiger partial charge in [-0.15, -0.1) is 0 Å². The fourth-order valence-electron chi connectivity index (χ4n) is 9.19. The molecule has 6 heteroatoms. The maximum Gasteiger partial charge on any atom is 0.160 e. The van der Waals surface area contributed by atoms with Crippen LogP contribution in [0.2, 0.25) is 0 Å². The summed E-state index contributed by atoms with van der Waals surface area (Å²) in [5.74, 6) is 0.677. The van der Waals surface area contributed by atoms with Crippen molar-refractivity contribution in [3.8, 4) is 56.2 Å². The minimum absolute atomic E-state index is 0.606. The average molecular weight is 887 g/mol. The summed E-state index contributed by atoms with van der Waals surface area (Å²) in [5, 5.41) is 4.07. The maximum atomic E-state index is 6.80. The largest absolute Gasteiger partial charge is 0.455 e. The maximum absolute atomic E-state index is 6.80. The molecule has 6 nitrogen and oxygen atoms in total. The second-order valence-corrected chi connectivity index (χ2v) is 17.0. The first-order valence-electron chi connectivity index (χ1n) is 22.9. The molecular weight excluding hydrogens is 845 g/mol. The molecule has 9 aromatic carbocycles. The standard InChI is InChI=1S/C63H42N4O2/c1-40(41-18-6-2-7-19-41)65-56(37-55(64)42-20-8-3-9-21-42)47-28-14-26-45(34-47)49-30-16-32-51-53-36-54-52-33-17-31-50(62(52)69-60(54)39-59(53)68-61(49)51)46-27-15-29-48(35-46)58-38-57(43-22-10-4-11-23-43)66-63(67-58)44-24-12-5-13-25-44/h2-39H,1,64H2/b55-37-,65-56?. The number of fused-ring (bicyclic) bond motifs is 6.